The molecule has 7 nitrogen and oxygen atoms in total. The Bertz CT molecular complexity index is 615. The molecule has 0 aromatic carbocycles. The zero-order valence-corrected chi connectivity index (χ0v) is 13.8. The second-order valence-electron chi connectivity index (χ2n) is 5.93. The van der Waals surface area contributed by atoms with Gasteiger partial charge in [-0.25, -0.2) is 0 Å². The minimum atomic E-state index is -0.525. The average Bonchev–Trinajstić information content (AvgIpc) is 2.90. The normalized spacial score (nSPS) is 17.3. The third kappa shape index (κ3) is 5.21. The number of imidazole rings is 1. The Hall–Kier alpha value is -2.15. The third-order valence-corrected chi connectivity index (χ3v) is 3.57. The fraction of sp³-hybridized carbons (Fsp3) is 0.562. The third-order valence-electron chi connectivity index (χ3n) is 3.57. The van der Waals surface area contributed by atoms with E-state index in [1.54, 1.807) is 4.57 Å². The molecule has 0 fully saturated rings. The van der Waals surface area contributed by atoms with Gasteiger partial charge in [0.25, 0.3) is 0 Å². The molecule has 0 bridgehead atoms. The molecule has 1 aromatic rings. The number of fused-ring (bicyclic) bond motifs is 1. The van der Waals surface area contributed by atoms with E-state index in [9.17, 15) is 10.1 Å². The summed E-state index contributed by atoms with van der Waals surface area (Å²) < 4.78 is 12.8. The molecular weight excluding hydrogens is 298 g/mol. The van der Waals surface area contributed by atoms with Crippen LogP contribution in [0.5, 0.6) is 6.01 Å². The second kappa shape index (κ2) is 7.92. The summed E-state index contributed by atoms with van der Waals surface area (Å²) in [5.41, 5.74) is 2.62. The van der Waals surface area contributed by atoms with Gasteiger partial charge in [0.05, 0.1) is 13.2 Å². The molecule has 7 heteroatoms. The smallest absolute Gasteiger partial charge is 0.414 e. The summed E-state index contributed by atoms with van der Waals surface area (Å²) in [7, 11) is 0. The van der Waals surface area contributed by atoms with Gasteiger partial charge < -0.3 is 19.6 Å². The summed E-state index contributed by atoms with van der Waals surface area (Å²) >= 11 is 0. The van der Waals surface area contributed by atoms with Crippen LogP contribution in [-0.2, 0) is 11.3 Å². The van der Waals surface area contributed by atoms with Crippen LogP contribution >= 0.6 is 0 Å². The molecule has 1 atom stereocenters. The standard InChI is InChI=1S/C16H23N3O4/c1-12(2)5-4-6-13(3)7-8-22-14-9-18-10-15(19(20)21)17-16(18)23-11-14/h5,7,10,14H,4,6,8-9,11H2,1-3H3/b13-7+/t14-/m0/s1. The molecule has 0 amide bonds. The van der Waals surface area contributed by atoms with Crippen LogP contribution in [0.15, 0.2) is 29.5 Å². The van der Waals surface area contributed by atoms with Gasteiger partial charge in [-0.1, -0.05) is 23.3 Å². The Morgan fingerprint density at radius 1 is 1.52 bits per heavy atom. The quantitative estimate of drug-likeness (QED) is 0.437. The molecule has 1 aliphatic heterocycles. The maximum absolute atomic E-state index is 10.7. The topological polar surface area (TPSA) is 79.4 Å². The Labute approximate surface area is 135 Å². The van der Waals surface area contributed by atoms with Crippen molar-refractivity contribution in [3.05, 3.63) is 39.6 Å². The second-order valence-corrected chi connectivity index (χ2v) is 5.93. The lowest BCUT2D eigenvalue weighted by Gasteiger charge is -2.21. The first-order chi connectivity index (χ1) is 11.0. The highest BCUT2D eigenvalue weighted by molar-refractivity contribution is 5.21. The number of nitro groups is 1. The number of rotatable bonds is 7. The van der Waals surface area contributed by atoms with Gasteiger partial charge in [-0.15, -0.1) is 0 Å². The minimum Gasteiger partial charge on any atom is -0.443 e. The summed E-state index contributed by atoms with van der Waals surface area (Å²) in [6.07, 6.45) is 7.61. The van der Waals surface area contributed by atoms with E-state index in [1.807, 2.05) is 0 Å². The van der Waals surface area contributed by atoms with Crippen molar-refractivity contribution in [3.63, 3.8) is 0 Å². The maximum Gasteiger partial charge on any atom is 0.414 e. The summed E-state index contributed by atoms with van der Waals surface area (Å²) in [6, 6.07) is 0.282. The van der Waals surface area contributed by atoms with Crippen molar-refractivity contribution < 1.29 is 14.4 Å². The molecule has 2 heterocycles. The van der Waals surface area contributed by atoms with Crippen molar-refractivity contribution in [2.45, 2.75) is 46.3 Å². The Balaban J connectivity index is 1.79. The van der Waals surface area contributed by atoms with E-state index < -0.39 is 4.92 Å². The zero-order valence-electron chi connectivity index (χ0n) is 13.8. The number of aromatic nitrogens is 2. The molecule has 1 aromatic heterocycles. The van der Waals surface area contributed by atoms with Crippen LogP contribution in [0.2, 0.25) is 0 Å². The van der Waals surface area contributed by atoms with E-state index in [4.69, 9.17) is 9.47 Å². The lowest BCUT2D eigenvalue weighted by molar-refractivity contribution is -0.389. The van der Waals surface area contributed by atoms with E-state index in [1.165, 1.54) is 17.3 Å². The monoisotopic (exact) mass is 321 g/mol. The number of hydrogen-bond donors (Lipinski definition) is 0. The van der Waals surface area contributed by atoms with Crippen LogP contribution in [0.1, 0.15) is 33.6 Å². The first kappa shape index (κ1) is 17.2. The van der Waals surface area contributed by atoms with Crippen molar-refractivity contribution in [1.29, 1.82) is 0 Å². The van der Waals surface area contributed by atoms with Gasteiger partial charge in [0.2, 0.25) is 0 Å². The molecule has 1 aliphatic rings. The van der Waals surface area contributed by atoms with Crippen molar-refractivity contribution in [2.24, 2.45) is 0 Å². The number of ether oxygens (including phenoxy) is 2. The van der Waals surface area contributed by atoms with Gasteiger partial charge in [-0.3, -0.25) is 4.57 Å². The van der Waals surface area contributed by atoms with Crippen molar-refractivity contribution >= 4 is 5.82 Å². The lowest BCUT2D eigenvalue weighted by atomic mass is 10.1. The van der Waals surface area contributed by atoms with E-state index in [-0.39, 0.29) is 17.9 Å². The van der Waals surface area contributed by atoms with Gasteiger partial charge in [0.15, 0.2) is 0 Å². The van der Waals surface area contributed by atoms with E-state index in [0.29, 0.717) is 19.8 Å². The molecule has 0 aliphatic carbocycles. The Kier molecular flexibility index (Phi) is 5.92. The van der Waals surface area contributed by atoms with Crippen LogP contribution in [0.3, 0.4) is 0 Å². The molecular formula is C16H23N3O4. The molecule has 0 unspecified atom stereocenters. The van der Waals surface area contributed by atoms with Crippen LogP contribution in [-0.4, -0.2) is 33.8 Å². The van der Waals surface area contributed by atoms with Crippen LogP contribution in [0.4, 0.5) is 5.82 Å². The fourth-order valence-electron chi connectivity index (χ4n) is 2.28. The van der Waals surface area contributed by atoms with E-state index in [0.717, 1.165) is 12.8 Å². The average molecular weight is 321 g/mol. The van der Waals surface area contributed by atoms with Gasteiger partial charge in [-0.05, 0) is 38.5 Å². The van der Waals surface area contributed by atoms with Crippen molar-refractivity contribution in [1.82, 2.24) is 9.55 Å². The van der Waals surface area contributed by atoms with Crippen LogP contribution in [0.25, 0.3) is 0 Å². The molecule has 0 radical (unpaired) electrons. The summed E-state index contributed by atoms with van der Waals surface area (Å²) in [5.74, 6) is -0.198. The fourth-order valence-corrected chi connectivity index (χ4v) is 2.28. The molecule has 23 heavy (non-hydrogen) atoms. The molecule has 0 saturated heterocycles. The van der Waals surface area contributed by atoms with Crippen LogP contribution < -0.4 is 4.74 Å². The first-order valence-corrected chi connectivity index (χ1v) is 7.70. The number of allylic oxidation sites excluding steroid dienone is 3. The molecule has 0 N–H and O–H groups in total. The van der Waals surface area contributed by atoms with E-state index in [2.05, 4.69) is 37.9 Å². The van der Waals surface area contributed by atoms with Crippen molar-refractivity contribution in [2.75, 3.05) is 13.2 Å². The molecule has 0 spiro atoms. The summed E-state index contributed by atoms with van der Waals surface area (Å²) in [6.45, 7) is 7.68. The lowest BCUT2D eigenvalue weighted by Crippen LogP contribution is -2.32. The number of hydrogen-bond acceptors (Lipinski definition) is 5. The van der Waals surface area contributed by atoms with Gasteiger partial charge in [0.1, 0.15) is 18.9 Å². The van der Waals surface area contributed by atoms with E-state index >= 15 is 0 Å². The predicted molar refractivity (Wildman–Crippen MR) is 86.5 cm³/mol. The predicted octanol–water partition coefficient (Wildman–Crippen LogP) is 3.26. The Morgan fingerprint density at radius 3 is 3.00 bits per heavy atom. The van der Waals surface area contributed by atoms with Gasteiger partial charge in [-0.2, -0.15) is 0 Å². The number of nitrogens with zero attached hydrogens (tertiary/aromatic N) is 3. The largest absolute Gasteiger partial charge is 0.443 e. The van der Waals surface area contributed by atoms with Crippen molar-refractivity contribution in [3.8, 4) is 6.01 Å². The van der Waals surface area contributed by atoms with Crippen LogP contribution in [0, 0.1) is 10.1 Å². The molecule has 126 valence electrons. The van der Waals surface area contributed by atoms with Gasteiger partial charge in [0, 0.05) is 4.98 Å². The maximum atomic E-state index is 10.7. The highest BCUT2D eigenvalue weighted by Gasteiger charge is 2.27. The summed E-state index contributed by atoms with van der Waals surface area (Å²) in [5, 5.41) is 10.7. The zero-order chi connectivity index (χ0) is 16.8. The molecule has 0 saturated carbocycles. The highest BCUT2D eigenvalue weighted by atomic mass is 16.6. The minimum absolute atomic E-state index is 0.127. The SMILES string of the molecule is CC(C)=CCC/C(C)=C/CO[C@@H]1COc2nc([N+](=O)[O-])cn2C1. The summed E-state index contributed by atoms with van der Waals surface area (Å²) in [4.78, 5) is 14.0. The Morgan fingerprint density at radius 2 is 2.30 bits per heavy atom. The molecule has 2 rings (SSSR count). The van der Waals surface area contributed by atoms with Gasteiger partial charge >= 0.3 is 11.8 Å². The first-order valence-electron chi connectivity index (χ1n) is 7.70. The highest BCUT2D eigenvalue weighted by Crippen LogP contribution is 2.22.